The number of nitrogens with zero attached hydrogens (tertiary/aromatic N) is 1. The molecule has 1 atom stereocenters. The fourth-order valence-electron chi connectivity index (χ4n) is 2.30. The predicted octanol–water partition coefficient (Wildman–Crippen LogP) is 2.49. The van der Waals surface area contributed by atoms with E-state index in [1.807, 2.05) is 38.1 Å². The third-order valence-corrected chi connectivity index (χ3v) is 3.86. The van der Waals surface area contributed by atoms with Crippen LogP contribution in [-0.4, -0.2) is 32.1 Å². The Bertz CT molecular complexity index is 482. The number of anilines is 2. The second-order valence-electron chi connectivity index (χ2n) is 5.38. The molecule has 1 unspecified atom stereocenters. The molecule has 1 saturated heterocycles. The van der Waals surface area contributed by atoms with Crippen LogP contribution in [0.3, 0.4) is 0 Å². The van der Waals surface area contributed by atoms with Crippen LogP contribution in [0.5, 0.6) is 0 Å². The molecule has 2 N–H and O–H groups in total. The molecule has 0 saturated carbocycles. The molecule has 1 amide bonds. The minimum absolute atomic E-state index is 0.00123. The molecule has 0 bridgehead atoms. The lowest BCUT2D eigenvalue weighted by molar-refractivity contribution is -0.121. The number of nitrogens with one attached hydrogen (secondary N) is 2. The van der Waals surface area contributed by atoms with Crippen molar-refractivity contribution in [2.75, 3.05) is 30.9 Å². The zero-order chi connectivity index (χ0) is 14.0. The Balaban J connectivity index is 2.11. The molecule has 1 aliphatic rings. The molecule has 1 aromatic carbocycles. The summed E-state index contributed by atoms with van der Waals surface area (Å²) >= 11 is 6.19. The van der Waals surface area contributed by atoms with Gasteiger partial charge in [0, 0.05) is 19.8 Å². The zero-order valence-electron chi connectivity index (χ0n) is 11.6. The standard InChI is InChI=1S/C14H20ClN3O/c1-14(7-4-8-16-14)13(19)17-10-5-6-12(18(2)3)11(15)9-10/h5-6,9,16H,4,7-8H2,1-3H3,(H,17,19). The average Bonchev–Trinajstić information content (AvgIpc) is 2.77. The number of benzene rings is 1. The van der Waals surface area contributed by atoms with Crippen LogP contribution >= 0.6 is 11.6 Å². The Kier molecular flexibility index (Phi) is 4.02. The number of carbonyl (C=O) groups is 1. The van der Waals surface area contributed by atoms with Crippen LogP contribution in [0.15, 0.2) is 18.2 Å². The number of hydrogen-bond acceptors (Lipinski definition) is 3. The summed E-state index contributed by atoms with van der Waals surface area (Å²) in [7, 11) is 3.87. The third-order valence-electron chi connectivity index (χ3n) is 3.56. The van der Waals surface area contributed by atoms with E-state index in [9.17, 15) is 4.79 Å². The summed E-state index contributed by atoms with van der Waals surface area (Å²) < 4.78 is 0. The summed E-state index contributed by atoms with van der Waals surface area (Å²) in [5.74, 6) is -0.00123. The highest BCUT2D eigenvalue weighted by atomic mass is 35.5. The van der Waals surface area contributed by atoms with Gasteiger partial charge in [-0.25, -0.2) is 0 Å². The van der Waals surface area contributed by atoms with Gasteiger partial charge in [0.05, 0.1) is 16.2 Å². The van der Waals surface area contributed by atoms with E-state index in [1.165, 1.54) is 0 Å². The molecular weight excluding hydrogens is 262 g/mol. The summed E-state index contributed by atoms with van der Waals surface area (Å²) in [4.78, 5) is 14.2. The molecule has 1 fully saturated rings. The van der Waals surface area contributed by atoms with Crippen LogP contribution in [0.25, 0.3) is 0 Å². The lowest BCUT2D eigenvalue weighted by Gasteiger charge is -2.23. The molecule has 19 heavy (non-hydrogen) atoms. The number of halogens is 1. The van der Waals surface area contributed by atoms with Crippen molar-refractivity contribution in [3.8, 4) is 0 Å². The lowest BCUT2D eigenvalue weighted by atomic mass is 9.99. The zero-order valence-corrected chi connectivity index (χ0v) is 12.3. The molecule has 104 valence electrons. The maximum Gasteiger partial charge on any atom is 0.244 e. The largest absolute Gasteiger partial charge is 0.376 e. The SMILES string of the molecule is CN(C)c1ccc(NC(=O)C2(C)CCCN2)cc1Cl. The first-order valence-electron chi connectivity index (χ1n) is 6.46. The summed E-state index contributed by atoms with van der Waals surface area (Å²) in [6.45, 7) is 2.83. The van der Waals surface area contributed by atoms with Gasteiger partial charge in [-0.15, -0.1) is 0 Å². The fraction of sp³-hybridized carbons (Fsp3) is 0.500. The third kappa shape index (κ3) is 3.01. The van der Waals surface area contributed by atoms with E-state index in [1.54, 1.807) is 6.07 Å². The fourth-order valence-corrected chi connectivity index (χ4v) is 2.65. The molecule has 0 spiro atoms. The molecule has 1 aromatic rings. The van der Waals surface area contributed by atoms with Gasteiger partial charge in [0.15, 0.2) is 0 Å². The highest BCUT2D eigenvalue weighted by molar-refractivity contribution is 6.33. The Hall–Kier alpha value is -1.26. The molecule has 0 aromatic heterocycles. The van der Waals surface area contributed by atoms with Gasteiger partial charge in [-0.3, -0.25) is 4.79 Å². The number of rotatable bonds is 3. The molecule has 1 heterocycles. The molecule has 5 heteroatoms. The van der Waals surface area contributed by atoms with E-state index in [0.29, 0.717) is 5.02 Å². The normalized spacial score (nSPS) is 22.3. The van der Waals surface area contributed by atoms with Crippen molar-refractivity contribution in [3.63, 3.8) is 0 Å². The summed E-state index contributed by atoms with van der Waals surface area (Å²) in [5, 5.41) is 6.80. The monoisotopic (exact) mass is 281 g/mol. The van der Waals surface area contributed by atoms with Gasteiger partial charge in [0.2, 0.25) is 5.91 Å². The quantitative estimate of drug-likeness (QED) is 0.895. The molecule has 1 aliphatic heterocycles. The lowest BCUT2D eigenvalue weighted by Crippen LogP contribution is -2.47. The Morgan fingerprint density at radius 2 is 2.21 bits per heavy atom. The van der Waals surface area contributed by atoms with Gasteiger partial charge in [-0.2, -0.15) is 0 Å². The van der Waals surface area contributed by atoms with E-state index in [0.717, 1.165) is 30.8 Å². The smallest absolute Gasteiger partial charge is 0.244 e. The molecule has 0 radical (unpaired) electrons. The van der Waals surface area contributed by atoms with Crippen LogP contribution in [0.4, 0.5) is 11.4 Å². The van der Waals surface area contributed by atoms with Crippen molar-refractivity contribution >= 4 is 28.9 Å². The van der Waals surface area contributed by atoms with Crippen LogP contribution in [-0.2, 0) is 4.79 Å². The second-order valence-corrected chi connectivity index (χ2v) is 5.78. The van der Waals surface area contributed by atoms with Crippen LogP contribution in [0.1, 0.15) is 19.8 Å². The van der Waals surface area contributed by atoms with E-state index in [-0.39, 0.29) is 5.91 Å². The second kappa shape index (κ2) is 5.39. The maximum atomic E-state index is 12.2. The topological polar surface area (TPSA) is 44.4 Å². The van der Waals surface area contributed by atoms with Crippen molar-refractivity contribution in [1.82, 2.24) is 5.32 Å². The number of amides is 1. The summed E-state index contributed by atoms with van der Waals surface area (Å²) in [6, 6.07) is 5.56. The summed E-state index contributed by atoms with van der Waals surface area (Å²) in [5.41, 5.74) is 1.20. The van der Waals surface area contributed by atoms with Crippen molar-refractivity contribution in [2.24, 2.45) is 0 Å². The van der Waals surface area contributed by atoms with Crippen LogP contribution in [0, 0.1) is 0 Å². The van der Waals surface area contributed by atoms with Gasteiger partial charge in [0.1, 0.15) is 0 Å². The first kappa shape index (κ1) is 14.2. The average molecular weight is 282 g/mol. The Labute approximate surface area is 119 Å². The maximum absolute atomic E-state index is 12.2. The van der Waals surface area contributed by atoms with E-state index >= 15 is 0 Å². The minimum Gasteiger partial charge on any atom is -0.376 e. The van der Waals surface area contributed by atoms with Crippen molar-refractivity contribution in [1.29, 1.82) is 0 Å². The molecule has 2 rings (SSSR count). The Morgan fingerprint density at radius 1 is 1.47 bits per heavy atom. The van der Waals surface area contributed by atoms with Crippen LogP contribution < -0.4 is 15.5 Å². The van der Waals surface area contributed by atoms with Crippen molar-refractivity contribution in [3.05, 3.63) is 23.2 Å². The van der Waals surface area contributed by atoms with Gasteiger partial charge in [-0.1, -0.05) is 11.6 Å². The summed E-state index contributed by atoms with van der Waals surface area (Å²) in [6.07, 6.45) is 1.90. The van der Waals surface area contributed by atoms with Gasteiger partial charge in [-0.05, 0) is 44.5 Å². The molecule has 4 nitrogen and oxygen atoms in total. The van der Waals surface area contributed by atoms with E-state index in [2.05, 4.69) is 10.6 Å². The predicted molar refractivity (Wildman–Crippen MR) is 80.1 cm³/mol. The van der Waals surface area contributed by atoms with Crippen molar-refractivity contribution in [2.45, 2.75) is 25.3 Å². The van der Waals surface area contributed by atoms with E-state index in [4.69, 9.17) is 11.6 Å². The number of carbonyl (C=O) groups excluding carboxylic acids is 1. The molecule has 0 aliphatic carbocycles. The first-order valence-corrected chi connectivity index (χ1v) is 6.83. The van der Waals surface area contributed by atoms with Crippen LogP contribution in [0.2, 0.25) is 5.02 Å². The molecular formula is C14H20ClN3O. The number of hydrogen-bond donors (Lipinski definition) is 2. The van der Waals surface area contributed by atoms with Gasteiger partial charge >= 0.3 is 0 Å². The highest BCUT2D eigenvalue weighted by Crippen LogP contribution is 2.28. The van der Waals surface area contributed by atoms with Gasteiger partial charge in [0.25, 0.3) is 0 Å². The van der Waals surface area contributed by atoms with E-state index < -0.39 is 5.54 Å². The minimum atomic E-state index is -0.466. The Morgan fingerprint density at radius 3 is 2.74 bits per heavy atom. The highest BCUT2D eigenvalue weighted by Gasteiger charge is 2.35. The first-order chi connectivity index (χ1) is 8.92. The van der Waals surface area contributed by atoms with Crippen molar-refractivity contribution < 1.29 is 4.79 Å². The van der Waals surface area contributed by atoms with Gasteiger partial charge < -0.3 is 15.5 Å².